The molecule has 180 valence electrons. The third-order valence-electron chi connectivity index (χ3n) is 8.03. The van der Waals surface area contributed by atoms with Gasteiger partial charge in [0.05, 0.1) is 25.3 Å². The molecular formula is C24H30N6O4. The molecule has 2 aliphatic heterocycles. The number of nitrogens with zero attached hydrogens (tertiary/aromatic N) is 2. The van der Waals surface area contributed by atoms with Crippen LogP contribution in [-0.4, -0.2) is 53.5 Å². The van der Waals surface area contributed by atoms with Crippen LogP contribution in [0.15, 0.2) is 30.6 Å². The Morgan fingerprint density at radius 3 is 3.00 bits per heavy atom. The number of hydrogen-bond donors (Lipinski definition) is 5. The maximum atomic E-state index is 13.0. The Kier molecular flexibility index (Phi) is 5.31. The number of aliphatic hydroxyl groups is 1. The van der Waals surface area contributed by atoms with E-state index >= 15 is 0 Å². The predicted molar refractivity (Wildman–Crippen MR) is 124 cm³/mol. The van der Waals surface area contributed by atoms with Gasteiger partial charge in [0.25, 0.3) is 0 Å². The van der Waals surface area contributed by atoms with E-state index in [-0.39, 0.29) is 25.3 Å². The lowest BCUT2D eigenvalue weighted by molar-refractivity contribution is -0.118. The van der Waals surface area contributed by atoms with Crippen LogP contribution in [0.2, 0.25) is 0 Å². The second-order valence-corrected chi connectivity index (χ2v) is 9.72. The number of methoxy groups -OCH3 is 1. The fourth-order valence-electron chi connectivity index (χ4n) is 6.32. The highest BCUT2D eigenvalue weighted by Gasteiger charge is 2.67. The highest BCUT2D eigenvalue weighted by Crippen LogP contribution is 2.65. The van der Waals surface area contributed by atoms with E-state index in [1.165, 1.54) is 6.33 Å². The number of rotatable bonds is 7. The van der Waals surface area contributed by atoms with E-state index in [0.717, 1.165) is 42.7 Å². The quantitative estimate of drug-likeness (QED) is 0.411. The van der Waals surface area contributed by atoms with Crippen molar-refractivity contribution in [2.75, 3.05) is 31.0 Å². The topological polar surface area (TPSA) is 130 Å². The summed E-state index contributed by atoms with van der Waals surface area (Å²) in [6.07, 6.45) is 5.59. The predicted octanol–water partition coefficient (Wildman–Crippen LogP) is 1.40. The molecule has 4 unspecified atom stereocenters. The first-order chi connectivity index (χ1) is 16.6. The molecule has 3 fully saturated rings. The minimum atomic E-state index is -0.392. The van der Waals surface area contributed by atoms with Crippen molar-refractivity contribution in [2.45, 2.75) is 43.3 Å². The Hall–Kier alpha value is -2.95. The largest absolute Gasteiger partial charge is 0.497 e. The maximum absolute atomic E-state index is 13.0. The van der Waals surface area contributed by atoms with Crippen LogP contribution < -0.4 is 31.0 Å². The minimum absolute atomic E-state index is 0.0412. The first-order valence-electron chi connectivity index (χ1n) is 12.0. The average molecular weight is 467 g/mol. The van der Waals surface area contributed by atoms with Gasteiger partial charge in [-0.2, -0.15) is 0 Å². The second-order valence-electron chi connectivity index (χ2n) is 9.72. The summed E-state index contributed by atoms with van der Waals surface area (Å²) < 4.78 is 10.8. The number of hydrogen-bond acceptors (Lipinski definition) is 9. The van der Waals surface area contributed by atoms with Crippen LogP contribution in [0.1, 0.15) is 31.2 Å². The van der Waals surface area contributed by atoms with Crippen molar-refractivity contribution < 1.29 is 19.4 Å². The zero-order valence-electron chi connectivity index (χ0n) is 19.1. The highest BCUT2D eigenvalue weighted by molar-refractivity contribution is 6.09. The van der Waals surface area contributed by atoms with E-state index in [1.54, 1.807) is 13.2 Å². The summed E-state index contributed by atoms with van der Waals surface area (Å²) in [5.41, 5.74) is 8.51. The van der Waals surface area contributed by atoms with Gasteiger partial charge in [-0.15, -0.1) is 0 Å². The molecule has 10 nitrogen and oxygen atoms in total. The number of ether oxygens (including phenoxy) is 2. The Bertz CT molecular complexity index is 1100. The molecule has 3 heterocycles. The average Bonchev–Trinajstić information content (AvgIpc) is 3.41. The molecule has 2 aromatic rings. The fourth-order valence-corrected chi connectivity index (χ4v) is 6.32. The zero-order chi connectivity index (χ0) is 23.3. The number of fused-ring (bicyclic) bond motifs is 3. The van der Waals surface area contributed by atoms with Crippen molar-refractivity contribution in [3.05, 3.63) is 36.2 Å². The third-order valence-corrected chi connectivity index (χ3v) is 8.03. The number of aliphatic hydroxyl groups excluding tert-OH is 1. The standard InChI is InChI=1S/C24H30N6O4/c1-33-14-3-5-18-16(9-14)24(23(32)27-18)11-17(24)13-2-4-15-19(8-13)29-30-22(15)28-20-10-21(26-12-25-20)34-7-6-31/h3,5,9-10,12-13,15,17,19,22,29-31H,2,4,6-8,11H2,1H3,(H,27,32)(H,25,26,28)/t13?,15?,17-,19?,22?,24-/m0/s1. The number of hydrazine groups is 1. The fraction of sp³-hybridized carbons (Fsp3) is 0.542. The van der Waals surface area contributed by atoms with Crippen molar-refractivity contribution >= 4 is 17.4 Å². The smallest absolute Gasteiger partial charge is 0.235 e. The van der Waals surface area contributed by atoms with E-state index in [1.807, 2.05) is 18.2 Å². The van der Waals surface area contributed by atoms with Gasteiger partial charge in [-0.3, -0.25) is 10.2 Å². The summed E-state index contributed by atoms with van der Waals surface area (Å²) in [6, 6.07) is 7.97. The summed E-state index contributed by atoms with van der Waals surface area (Å²) >= 11 is 0. The van der Waals surface area contributed by atoms with Crippen molar-refractivity contribution in [2.24, 2.45) is 17.8 Å². The van der Waals surface area contributed by atoms with Crippen molar-refractivity contribution in [1.29, 1.82) is 0 Å². The van der Waals surface area contributed by atoms with Gasteiger partial charge in [-0.1, -0.05) is 0 Å². The SMILES string of the molecule is COc1ccc2c(c1)[C@]1(C[C@H]1C1CCC3C(C1)NNC3Nc1cc(OCCO)ncn1)C(=O)N2. The van der Waals surface area contributed by atoms with E-state index < -0.39 is 5.41 Å². The molecule has 1 amide bonds. The van der Waals surface area contributed by atoms with Crippen LogP contribution in [0.4, 0.5) is 11.5 Å². The molecule has 34 heavy (non-hydrogen) atoms. The van der Waals surface area contributed by atoms with Gasteiger partial charge in [-0.25, -0.2) is 15.4 Å². The van der Waals surface area contributed by atoms with Crippen molar-refractivity contribution in [3.63, 3.8) is 0 Å². The van der Waals surface area contributed by atoms with Gasteiger partial charge in [0.1, 0.15) is 24.5 Å². The first-order valence-corrected chi connectivity index (χ1v) is 12.0. The van der Waals surface area contributed by atoms with Gasteiger partial charge < -0.3 is 25.2 Å². The molecule has 6 atom stereocenters. The van der Waals surface area contributed by atoms with Gasteiger partial charge >= 0.3 is 0 Å². The molecule has 0 radical (unpaired) electrons. The summed E-state index contributed by atoms with van der Waals surface area (Å²) in [7, 11) is 1.66. The van der Waals surface area contributed by atoms with Gasteiger partial charge in [0.15, 0.2) is 0 Å². The molecule has 2 saturated carbocycles. The summed E-state index contributed by atoms with van der Waals surface area (Å²) in [4.78, 5) is 21.4. The van der Waals surface area contributed by atoms with E-state index in [2.05, 4.69) is 31.5 Å². The molecule has 1 aromatic carbocycles. The zero-order valence-corrected chi connectivity index (χ0v) is 19.1. The van der Waals surface area contributed by atoms with Crippen LogP contribution in [0.25, 0.3) is 0 Å². The Morgan fingerprint density at radius 1 is 1.24 bits per heavy atom. The van der Waals surface area contributed by atoms with Crippen LogP contribution in [0.5, 0.6) is 11.6 Å². The van der Waals surface area contributed by atoms with Gasteiger partial charge in [0, 0.05) is 23.7 Å². The Balaban J connectivity index is 1.11. The second kappa shape index (κ2) is 8.37. The van der Waals surface area contributed by atoms with E-state index in [9.17, 15) is 4.79 Å². The summed E-state index contributed by atoms with van der Waals surface area (Å²) in [5, 5.41) is 15.5. The highest BCUT2D eigenvalue weighted by atomic mass is 16.5. The minimum Gasteiger partial charge on any atom is -0.497 e. The number of carbonyl (C=O) groups excluding carboxylic acids is 1. The molecule has 5 N–H and O–H groups in total. The third kappa shape index (κ3) is 3.48. The van der Waals surface area contributed by atoms with Crippen LogP contribution in [0, 0.1) is 17.8 Å². The number of carbonyl (C=O) groups is 1. The number of nitrogens with one attached hydrogen (secondary N) is 4. The van der Waals surface area contributed by atoms with E-state index in [0.29, 0.717) is 35.5 Å². The van der Waals surface area contributed by atoms with E-state index in [4.69, 9.17) is 14.6 Å². The molecule has 1 saturated heterocycles. The molecule has 4 aliphatic rings. The van der Waals surface area contributed by atoms with Crippen LogP contribution >= 0.6 is 0 Å². The molecule has 10 heteroatoms. The van der Waals surface area contributed by atoms with Crippen molar-refractivity contribution in [1.82, 2.24) is 20.8 Å². The van der Waals surface area contributed by atoms with Crippen molar-refractivity contribution in [3.8, 4) is 11.6 Å². The molecule has 1 spiro atoms. The lowest BCUT2D eigenvalue weighted by Gasteiger charge is -2.34. The molecule has 2 aliphatic carbocycles. The monoisotopic (exact) mass is 466 g/mol. The molecule has 1 aromatic heterocycles. The Morgan fingerprint density at radius 2 is 2.15 bits per heavy atom. The molecule has 0 bridgehead atoms. The van der Waals surface area contributed by atoms with Gasteiger partial charge in [0.2, 0.25) is 11.8 Å². The number of anilines is 2. The lowest BCUT2D eigenvalue weighted by Crippen LogP contribution is -2.39. The number of benzene rings is 1. The number of amides is 1. The first kappa shape index (κ1) is 21.6. The number of aromatic nitrogens is 2. The Labute approximate surface area is 197 Å². The molecular weight excluding hydrogens is 436 g/mol. The normalized spacial score (nSPS) is 33.2. The van der Waals surface area contributed by atoms with Gasteiger partial charge in [-0.05, 0) is 61.3 Å². The lowest BCUT2D eigenvalue weighted by atomic mass is 9.74. The van der Waals surface area contributed by atoms with Crippen LogP contribution in [-0.2, 0) is 10.2 Å². The summed E-state index contributed by atoms with van der Waals surface area (Å²) in [6.45, 7) is 0.137. The molecule has 6 rings (SSSR count). The maximum Gasteiger partial charge on any atom is 0.235 e. The van der Waals surface area contributed by atoms with Crippen LogP contribution in [0.3, 0.4) is 0 Å². The summed E-state index contributed by atoms with van der Waals surface area (Å²) in [5.74, 6) is 3.32.